The number of ether oxygens (including phenoxy) is 5. The number of hydrogen-bond donors (Lipinski definition) is 1. The highest BCUT2D eigenvalue weighted by Crippen LogP contribution is 2.48. The lowest BCUT2D eigenvalue weighted by Crippen LogP contribution is -2.29. The highest BCUT2D eigenvalue weighted by Gasteiger charge is 2.48. The summed E-state index contributed by atoms with van der Waals surface area (Å²) in [6, 6.07) is 19.9. The fourth-order valence-electron chi connectivity index (χ4n) is 4.23. The Morgan fingerprint density at radius 3 is 2.19 bits per heavy atom. The molecule has 1 N–H and O–H groups in total. The van der Waals surface area contributed by atoms with Gasteiger partial charge in [-0.3, -0.25) is 0 Å². The second-order valence-electron chi connectivity index (χ2n) is 7.69. The normalized spacial score (nSPS) is 20.6. The lowest BCUT2D eigenvalue weighted by atomic mass is 9.88. The lowest BCUT2D eigenvalue weighted by molar-refractivity contribution is -0.185. The molecule has 7 heteroatoms. The molecule has 3 aromatic rings. The molecule has 0 fully saturated rings. The van der Waals surface area contributed by atoms with Crippen LogP contribution in [0.4, 0.5) is 0 Å². The third kappa shape index (κ3) is 2.90. The van der Waals surface area contributed by atoms with Gasteiger partial charge in [0.15, 0.2) is 23.0 Å². The van der Waals surface area contributed by atoms with Gasteiger partial charge >= 0.3 is 5.97 Å². The Balaban J connectivity index is 1.52. The number of aliphatic hydroxyl groups is 1. The Labute approximate surface area is 183 Å². The average molecular weight is 430 g/mol. The fourth-order valence-corrected chi connectivity index (χ4v) is 4.23. The van der Waals surface area contributed by atoms with Crippen LogP contribution in [0.2, 0.25) is 0 Å². The van der Waals surface area contributed by atoms with Gasteiger partial charge in [-0.2, -0.15) is 0 Å². The summed E-state index contributed by atoms with van der Waals surface area (Å²) in [5.74, 6) is -0.361. The van der Waals surface area contributed by atoms with E-state index in [4.69, 9.17) is 23.7 Å². The Kier molecular flexibility index (Phi) is 4.13. The molecule has 0 radical (unpaired) electrons. The molecule has 0 saturated heterocycles. The van der Waals surface area contributed by atoms with Gasteiger partial charge in [0, 0.05) is 17.6 Å². The van der Waals surface area contributed by atoms with Crippen molar-refractivity contribution in [2.45, 2.75) is 12.2 Å². The molecule has 0 saturated carbocycles. The number of cyclic esters (lactones) is 1. The van der Waals surface area contributed by atoms with E-state index in [2.05, 4.69) is 0 Å². The first-order chi connectivity index (χ1) is 15.6. The van der Waals surface area contributed by atoms with E-state index in [1.165, 1.54) is 0 Å². The van der Waals surface area contributed by atoms with Crippen molar-refractivity contribution in [1.82, 2.24) is 0 Å². The molecule has 0 bridgehead atoms. The molecule has 0 spiro atoms. The monoisotopic (exact) mass is 430 g/mol. The maximum atomic E-state index is 13.1. The predicted octanol–water partition coefficient (Wildman–Crippen LogP) is 3.54. The van der Waals surface area contributed by atoms with Crippen LogP contribution in [0.5, 0.6) is 23.0 Å². The van der Waals surface area contributed by atoms with Crippen LogP contribution in [0.15, 0.2) is 72.3 Å². The van der Waals surface area contributed by atoms with Crippen LogP contribution >= 0.6 is 0 Å². The largest absolute Gasteiger partial charge is 0.454 e. The van der Waals surface area contributed by atoms with Gasteiger partial charge in [-0.25, -0.2) is 4.79 Å². The molecule has 7 nitrogen and oxygen atoms in total. The summed E-state index contributed by atoms with van der Waals surface area (Å²) in [6.07, 6.45) is 0.307. The summed E-state index contributed by atoms with van der Waals surface area (Å²) in [6.45, 7) is 0.229. The standard InChI is InChI=1S/C25H18O7/c26-24-23(16-6-8-19-21(11-16)30-13-28-19)18(10-15-4-2-1-3-5-15)25(27,32-24)17-7-9-20-22(12-17)31-14-29-20/h1-9,11-12,27H,10,13-14H2. The van der Waals surface area contributed by atoms with Gasteiger partial charge < -0.3 is 28.8 Å². The molecule has 3 aliphatic heterocycles. The maximum Gasteiger partial charge on any atom is 0.342 e. The van der Waals surface area contributed by atoms with Crippen molar-refractivity contribution in [2.75, 3.05) is 13.6 Å². The van der Waals surface area contributed by atoms with Crippen LogP contribution in [-0.4, -0.2) is 24.7 Å². The number of fused-ring (bicyclic) bond motifs is 2. The summed E-state index contributed by atoms with van der Waals surface area (Å²) >= 11 is 0. The second-order valence-corrected chi connectivity index (χ2v) is 7.69. The van der Waals surface area contributed by atoms with Gasteiger partial charge in [-0.1, -0.05) is 36.4 Å². The number of benzene rings is 3. The van der Waals surface area contributed by atoms with Crippen LogP contribution in [0.3, 0.4) is 0 Å². The molecule has 3 aliphatic rings. The minimum Gasteiger partial charge on any atom is -0.454 e. The summed E-state index contributed by atoms with van der Waals surface area (Å²) in [7, 11) is 0. The molecule has 160 valence electrons. The summed E-state index contributed by atoms with van der Waals surface area (Å²) in [5.41, 5.74) is 2.63. The van der Waals surface area contributed by atoms with Crippen molar-refractivity contribution in [3.05, 3.63) is 89.0 Å². The van der Waals surface area contributed by atoms with Crippen LogP contribution < -0.4 is 18.9 Å². The number of esters is 1. The molecule has 1 atom stereocenters. The van der Waals surface area contributed by atoms with Crippen molar-refractivity contribution >= 4 is 11.5 Å². The van der Waals surface area contributed by atoms with Crippen LogP contribution in [0, 0.1) is 0 Å². The fraction of sp³-hybridized carbons (Fsp3) is 0.160. The molecule has 0 aliphatic carbocycles. The van der Waals surface area contributed by atoms with E-state index >= 15 is 0 Å². The van der Waals surface area contributed by atoms with Gasteiger partial charge in [-0.15, -0.1) is 0 Å². The van der Waals surface area contributed by atoms with Gasteiger partial charge in [-0.05, 0) is 41.5 Å². The van der Waals surface area contributed by atoms with Crippen molar-refractivity contribution in [2.24, 2.45) is 0 Å². The zero-order chi connectivity index (χ0) is 21.7. The van der Waals surface area contributed by atoms with E-state index in [-0.39, 0.29) is 13.6 Å². The van der Waals surface area contributed by atoms with E-state index in [1.807, 2.05) is 30.3 Å². The molecule has 32 heavy (non-hydrogen) atoms. The average Bonchev–Trinajstić information content (AvgIpc) is 3.52. The van der Waals surface area contributed by atoms with Gasteiger partial charge in [0.2, 0.25) is 13.6 Å². The van der Waals surface area contributed by atoms with E-state index in [1.54, 1.807) is 36.4 Å². The minimum atomic E-state index is -1.96. The van der Waals surface area contributed by atoms with E-state index < -0.39 is 11.8 Å². The quantitative estimate of drug-likeness (QED) is 0.634. The molecule has 0 aromatic heterocycles. The molecular weight excluding hydrogens is 412 g/mol. The summed E-state index contributed by atoms with van der Waals surface area (Å²) in [5, 5.41) is 11.8. The van der Waals surface area contributed by atoms with Crippen molar-refractivity contribution in [3.63, 3.8) is 0 Å². The Morgan fingerprint density at radius 1 is 0.781 bits per heavy atom. The number of hydrogen-bond acceptors (Lipinski definition) is 7. The number of carbonyl (C=O) groups is 1. The number of rotatable bonds is 4. The van der Waals surface area contributed by atoms with Crippen molar-refractivity contribution < 1.29 is 33.6 Å². The summed E-state index contributed by atoms with van der Waals surface area (Å²) < 4.78 is 27.4. The highest BCUT2D eigenvalue weighted by atomic mass is 16.7. The zero-order valence-corrected chi connectivity index (χ0v) is 16.9. The SMILES string of the molecule is O=C1OC(O)(c2ccc3c(c2)OCO3)C(Cc2ccccc2)=C1c1ccc2c(c1)OCO2. The van der Waals surface area contributed by atoms with Crippen molar-refractivity contribution in [3.8, 4) is 23.0 Å². The number of carbonyl (C=O) groups excluding carboxylic acids is 1. The molecule has 6 rings (SSSR count). The van der Waals surface area contributed by atoms with E-state index in [9.17, 15) is 9.90 Å². The zero-order valence-electron chi connectivity index (χ0n) is 16.9. The van der Waals surface area contributed by atoms with Crippen LogP contribution in [-0.2, 0) is 21.7 Å². The van der Waals surface area contributed by atoms with Gasteiger partial charge in [0.05, 0.1) is 5.57 Å². The topological polar surface area (TPSA) is 83.5 Å². The first-order valence-corrected chi connectivity index (χ1v) is 10.2. The highest BCUT2D eigenvalue weighted by molar-refractivity contribution is 6.20. The van der Waals surface area contributed by atoms with E-state index in [0.717, 1.165) is 5.56 Å². The smallest absolute Gasteiger partial charge is 0.342 e. The minimum absolute atomic E-state index is 0.103. The third-order valence-electron chi connectivity index (χ3n) is 5.80. The second kappa shape index (κ2) is 7.03. The molecule has 3 aromatic carbocycles. The maximum absolute atomic E-state index is 13.1. The van der Waals surface area contributed by atoms with Gasteiger partial charge in [0.25, 0.3) is 5.79 Å². The first-order valence-electron chi connectivity index (χ1n) is 10.2. The molecule has 1 unspecified atom stereocenters. The van der Waals surface area contributed by atoms with Crippen LogP contribution in [0.1, 0.15) is 16.7 Å². The lowest BCUT2D eigenvalue weighted by Gasteiger charge is -2.26. The van der Waals surface area contributed by atoms with Gasteiger partial charge in [0.1, 0.15) is 0 Å². The predicted molar refractivity (Wildman–Crippen MR) is 112 cm³/mol. The Morgan fingerprint density at radius 2 is 1.44 bits per heavy atom. The van der Waals surface area contributed by atoms with Crippen molar-refractivity contribution in [1.29, 1.82) is 0 Å². The summed E-state index contributed by atoms with van der Waals surface area (Å²) in [4.78, 5) is 13.1. The van der Waals surface area contributed by atoms with E-state index in [0.29, 0.717) is 51.7 Å². The van der Waals surface area contributed by atoms with Crippen LogP contribution in [0.25, 0.3) is 5.57 Å². The third-order valence-corrected chi connectivity index (χ3v) is 5.80. The Bertz CT molecular complexity index is 1260. The molecular formula is C25H18O7. The molecule has 3 heterocycles. The Hall–Kier alpha value is -3.97. The first kappa shape index (κ1) is 18.8. The molecule has 0 amide bonds.